The minimum Gasteiger partial charge on any atom is -0.316 e. The van der Waals surface area contributed by atoms with E-state index in [1.54, 1.807) is 55.7 Å². The topological polar surface area (TPSA) is 77.0 Å². The fourth-order valence-corrected chi connectivity index (χ4v) is 1.65. The van der Waals surface area contributed by atoms with Crippen LogP contribution in [-0.4, -0.2) is 27.7 Å². The van der Waals surface area contributed by atoms with Crippen molar-refractivity contribution < 1.29 is 4.79 Å². The maximum atomic E-state index is 12.2. The van der Waals surface area contributed by atoms with Gasteiger partial charge in [0.25, 0.3) is 0 Å². The van der Waals surface area contributed by atoms with Crippen LogP contribution in [0.2, 0.25) is 0 Å². The third-order valence-electron chi connectivity index (χ3n) is 2.73. The van der Waals surface area contributed by atoms with Gasteiger partial charge in [0.05, 0.1) is 6.20 Å². The van der Waals surface area contributed by atoms with Crippen LogP contribution < -0.4 is 10.6 Å². The van der Waals surface area contributed by atoms with Crippen LogP contribution in [0.3, 0.4) is 0 Å². The SMILES string of the molecule is CN(C(=O)C(N)c1cnn(C)c1)c1ccncc1. The van der Waals surface area contributed by atoms with Crippen LogP contribution in [0.4, 0.5) is 5.69 Å². The average Bonchev–Trinajstić information content (AvgIpc) is 2.84. The van der Waals surface area contributed by atoms with Gasteiger partial charge in [-0.2, -0.15) is 5.10 Å². The number of nitrogens with zero attached hydrogens (tertiary/aromatic N) is 4. The lowest BCUT2D eigenvalue weighted by molar-refractivity contribution is -0.119. The molecule has 0 aliphatic rings. The first-order valence-electron chi connectivity index (χ1n) is 5.51. The molecule has 2 N–H and O–H groups in total. The van der Waals surface area contributed by atoms with E-state index in [9.17, 15) is 4.79 Å². The number of amides is 1. The molecule has 6 nitrogen and oxygen atoms in total. The monoisotopic (exact) mass is 245 g/mol. The summed E-state index contributed by atoms with van der Waals surface area (Å²) < 4.78 is 1.62. The Hall–Kier alpha value is -2.21. The van der Waals surface area contributed by atoms with E-state index in [4.69, 9.17) is 5.73 Å². The number of rotatable bonds is 3. The molecule has 0 saturated heterocycles. The van der Waals surface area contributed by atoms with E-state index in [2.05, 4.69) is 10.1 Å². The number of carbonyl (C=O) groups excluding carboxylic acids is 1. The smallest absolute Gasteiger partial charge is 0.248 e. The molecule has 2 aromatic heterocycles. The number of aryl methyl sites for hydroxylation is 1. The molecule has 1 atom stereocenters. The molecule has 6 heteroatoms. The quantitative estimate of drug-likeness (QED) is 0.853. The highest BCUT2D eigenvalue weighted by atomic mass is 16.2. The average molecular weight is 245 g/mol. The summed E-state index contributed by atoms with van der Waals surface area (Å²) in [5, 5.41) is 4.01. The fourth-order valence-electron chi connectivity index (χ4n) is 1.65. The van der Waals surface area contributed by atoms with Crippen LogP contribution in [0.5, 0.6) is 0 Å². The Labute approximate surface area is 105 Å². The van der Waals surface area contributed by atoms with Crippen LogP contribution in [0.1, 0.15) is 11.6 Å². The van der Waals surface area contributed by atoms with Crippen LogP contribution in [0, 0.1) is 0 Å². The van der Waals surface area contributed by atoms with Gasteiger partial charge in [0.1, 0.15) is 6.04 Å². The van der Waals surface area contributed by atoms with Crippen LogP contribution in [0.15, 0.2) is 36.9 Å². The summed E-state index contributed by atoms with van der Waals surface area (Å²) in [5.74, 6) is -0.186. The highest BCUT2D eigenvalue weighted by Gasteiger charge is 2.21. The maximum Gasteiger partial charge on any atom is 0.248 e. The molecular weight excluding hydrogens is 230 g/mol. The van der Waals surface area contributed by atoms with Crippen molar-refractivity contribution in [3.63, 3.8) is 0 Å². The van der Waals surface area contributed by atoms with E-state index < -0.39 is 6.04 Å². The van der Waals surface area contributed by atoms with Crippen molar-refractivity contribution in [2.24, 2.45) is 12.8 Å². The zero-order valence-electron chi connectivity index (χ0n) is 10.3. The molecule has 0 aliphatic carbocycles. The number of hydrogen-bond acceptors (Lipinski definition) is 4. The summed E-state index contributed by atoms with van der Waals surface area (Å²) in [4.78, 5) is 17.6. The lowest BCUT2D eigenvalue weighted by atomic mass is 10.1. The van der Waals surface area contributed by atoms with Crippen LogP contribution in [-0.2, 0) is 11.8 Å². The lowest BCUT2D eigenvalue weighted by Gasteiger charge is -2.20. The van der Waals surface area contributed by atoms with Crippen molar-refractivity contribution in [3.05, 3.63) is 42.5 Å². The number of aromatic nitrogens is 3. The molecule has 0 aliphatic heterocycles. The predicted molar refractivity (Wildman–Crippen MR) is 67.8 cm³/mol. The number of pyridine rings is 1. The zero-order chi connectivity index (χ0) is 13.1. The molecule has 1 unspecified atom stereocenters. The number of hydrogen-bond donors (Lipinski definition) is 1. The lowest BCUT2D eigenvalue weighted by Crippen LogP contribution is -2.35. The van der Waals surface area contributed by atoms with Crippen molar-refractivity contribution in [1.29, 1.82) is 0 Å². The van der Waals surface area contributed by atoms with Gasteiger partial charge in [0.15, 0.2) is 0 Å². The summed E-state index contributed by atoms with van der Waals surface area (Å²) in [5.41, 5.74) is 7.39. The molecule has 0 bridgehead atoms. The molecule has 94 valence electrons. The number of anilines is 1. The molecule has 0 aromatic carbocycles. The van der Waals surface area contributed by atoms with Gasteiger partial charge in [-0.05, 0) is 12.1 Å². The summed E-state index contributed by atoms with van der Waals surface area (Å²) in [6.07, 6.45) is 6.61. The third kappa shape index (κ3) is 2.38. The Balaban J connectivity index is 2.16. The molecule has 1 amide bonds. The molecule has 18 heavy (non-hydrogen) atoms. The summed E-state index contributed by atoms with van der Waals surface area (Å²) in [7, 11) is 3.47. The van der Waals surface area contributed by atoms with E-state index in [1.807, 2.05) is 0 Å². The van der Waals surface area contributed by atoms with Gasteiger partial charge in [-0.3, -0.25) is 14.5 Å². The molecule has 0 fully saturated rings. The molecule has 2 rings (SSSR count). The number of nitrogens with two attached hydrogens (primary N) is 1. The second-order valence-corrected chi connectivity index (χ2v) is 4.03. The van der Waals surface area contributed by atoms with Gasteiger partial charge in [-0.25, -0.2) is 0 Å². The summed E-state index contributed by atoms with van der Waals surface area (Å²) in [6, 6.07) is 2.80. The molecule has 2 aromatic rings. The molecule has 2 heterocycles. The molecule has 0 saturated carbocycles. The fraction of sp³-hybridized carbons (Fsp3) is 0.250. The third-order valence-corrected chi connectivity index (χ3v) is 2.73. The molecule has 0 radical (unpaired) electrons. The van der Waals surface area contributed by atoms with Crippen LogP contribution in [0.25, 0.3) is 0 Å². The van der Waals surface area contributed by atoms with Crippen molar-refractivity contribution in [3.8, 4) is 0 Å². The van der Waals surface area contributed by atoms with Gasteiger partial charge in [-0.1, -0.05) is 0 Å². The van der Waals surface area contributed by atoms with E-state index >= 15 is 0 Å². The standard InChI is InChI=1S/C12H15N5O/c1-16-8-9(7-15-16)11(13)12(18)17(2)10-3-5-14-6-4-10/h3-8,11H,13H2,1-2H3. The van der Waals surface area contributed by atoms with E-state index in [-0.39, 0.29) is 5.91 Å². The first-order valence-corrected chi connectivity index (χ1v) is 5.51. The largest absolute Gasteiger partial charge is 0.316 e. The van der Waals surface area contributed by atoms with Crippen molar-refractivity contribution >= 4 is 11.6 Å². The van der Waals surface area contributed by atoms with E-state index in [0.717, 1.165) is 5.69 Å². The Morgan fingerprint density at radius 3 is 2.67 bits per heavy atom. The summed E-state index contributed by atoms with van der Waals surface area (Å²) in [6.45, 7) is 0. The predicted octanol–water partition coefficient (Wildman–Crippen LogP) is 0.478. The Kier molecular flexibility index (Phi) is 3.38. The highest BCUT2D eigenvalue weighted by molar-refractivity contribution is 5.97. The Bertz CT molecular complexity index is 536. The van der Waals surface area contributed by atoms with Gasteiger partial charge in [-0.15, -0.1) is 0 Å². The minimum atomic E-state index is -0.711. The van der Waals surface area contributed by atoms with E-state index in [1.165, 1.54) is 4.90 Å². The Morgan fingerprint density at radius 1 is 1.44 bits per heavy atom. The second-order valence-electron chi connectivity index (χ2n) is 4.03. The molecular formula is C12H15N5O. The first kappa shape index (κ1) is 12.3. The first-order chi connectivity index (χ1) is 8.59. The number of carbonyl (C=O) groups is 1. The zero-order valence-corrected chi connectivity index (χ0v) is 10.3. The molecule has 0 spiro atoms. The second kappa shape index (κ2) is 4.97. The Morgan fingerprint density at radius 2 is 2.11 bits per heavy atom. The van der Waals surface area contributed by atoms with Gasteiger partial charge < -0.3 is 10.6 Å². The number of likely N-dealkylation sites (N-methyl/N-ethyl adjacent to an activating group) is 1. The van der Waals surface area contributed by atoms with Crippen molar-refractivity contribution in [2.75, 3.05) is 11.9 Å². The highest BCUT2D eigenvalue weighted by Crippen LogP contribution is 2.16. The van der Waals surface area contributed by atoms with E-state index in [0.29, 0.717) is 5.56 Å². The van der Waals surface area contributed by atoms with Crippen LogP contribution >= 0.6 is 0 Å². The van der Waals surface area contributed by atoms with Crippen molar-refractivity contribution in [2.45, 2.75) is 6.04 Å². The van der Waals surface area contributed by atoms with Gasteiger partial charge in [0.2, 0.25) is 5.91 Å². The minimum absolute atomic E-state index is 0.186. The maximum absolute atomic E-state index is 12.2. The van der Waals surface area contributed by atoms with Gasteiger partial charge in [0, 0.05) is 43.9 Å². The normalized spacial score (nSPS) is 12.2. The summed E-state index contributed by atoms with van der Waals surface area (Å²) >= 11 is 0. The van der Waals surface area contributed by atoms with Gasteiger partial charge >= 0.3 is 0 Å². The van der Waals surface area contributed by atoms with Crippen molar-refractivity contribution in [1.82, 2.24) is 14.8 Å².